The quantitative estimate of drug-likeness (QED) is 0.391. The molecule has 1 atom stereocenters. The number of benzene rings is 3. The molecule has 4 rings (SSSR count). The van der Waals surface area contributed by atoms with Gasteiger partial charge in [-0.2, -0.15) is 0 Å². The van der Waals surface area contributed by atoms with E-state index in [0.717, 1.165) is 22.6 Å². The minimum Gasteiger partial charge on any atom is -0.497 e. The Kier molecular flexibility index (Phi) is 6.87. The van der Waals surface area contributed by atoms with E-state index < -0.39 is 0 Å². The van der Waals surface area contributed by atoms with Crippen LogP contribution >= 0.6 is 11.8 Å². The first-order valence-corrected chi connectivity index (χ1v) is 11.3. The van der Waals surface area contributed by atoms with Gasteiger partial charge >= 0.3 is 0 Å². The summed E-state index contributed by atoms with van der Waals surface area (Å²) in [5.74, 6) is 1.67. The zero-order chi connectivity index (χ0) is 22.3. The van der Waals surface area contributed by atoms with Gasteiger partial charge in [-0.3, -0.25) is 9.36 Å². The van der Waals surface area contributed by atoms with Crippen molar-refractivity contribution in [1.29, 1.82) is 0 Å². The van der Waals surface area contributed by atoms with Crippen molar-refractivity contribution in [3.63, 3.8) is 0 Å². The van der Waals surface area contributed by atoms with Crippen LogP contribution in [0.25, 0.3) is 17.1 Å². The summed E-state index contributed by atoms with van der Waals surface area (Å²) < 4.78 is 7.23. The topological polar surface area (TPSA) is 69.0 Å². The van der Waals surface area contributed by atoms with Gasteiger partial charge in [0.15, 0.2) is 11.0 Å². The average molecular weight is 445 g/mol. The summed E-state index contributed by atoms with van der Waals surface area (Å²) in [5, 5.41) is 12.5. The van der Waals surface area contributed by atoms with Crippen molar-refractivity contribution in [3.05, 3.63) is 90.5 Å². The number of amides is 1. The molecule has 7 heteroatoms. The first-order valence-electron chi connectivity index (χ1n) is 10.3. The van der Waals surface area contributed by atoms with Gasteiger partial charge in [0.2, 0.25) is 5.91 Å². The number of nitrogens with zero attached hydrogens (tertiary/aromatic N) is 3. The van der Waals surface area contributed by atoms with E-state index in [1.54, 1.807) is 7.11 Å². The highest BCUT2D eigenvalue weighted by Gasteiger charge is 2.18. The third-order valence-corrected chi connectivity index (χ3v) is 5.93. The monoisotopic (exact) mass is 444 g/mol. The van der Waals surface area contributed by atoms with E-state index in [1.165, 1.54) is 11.8 Å². The number of thioether (sulfide) groups is 1. The Morgan fingerprint density at radius 1 is 0.969 bits per heavy atom. The van der Waals surface area contributed by atoms with E-state index in [2.05, 4.69) is 15.5 Å². The molecule has 0 aliphatic heterocycles. The lowest BCUT2D eigenvalue weighted by atomic mass is 10.1. The molecule has 0 unspecified atom stereocenters. The molecule has 0 radical (unpaired) electrons. The van der Waals surface area contributed by atoms with Crippen molar-refractivity contribution in [1.82, 2.24) is 20.1 Å². The Bertz CT molecular complexity index is 1160. The van der Waals surface area contributed by atoms with E-state index in [0.29, 0.717) is 11.0 Å². The Hall–Kier alpha value is -3.58. The van der Waals surface area contributed by atoms with Crippen LogP contribution in [-0.4, -0.2) is 33.5 Å². The van der Waals surface area contributed by atoms with E-state index >= 15 is 0 Å². The van der Waals surface area contributed by atoms with Crippen molar-refractivity contribution in [3.8, 4) is 22.8 Å². The molecule has 1 aromatic heterocycles. The van der Waals surface area contributed by atoms with E-state index in [-0.39, 0.29) is 17.7 Å². The van der Waals surface area contributed by atoms with Crippen molar-refractivity contribution in [2.45, 2.75) is 18.1 Å². The van der Waals surface area contributed by atoms with Gasteiger partial charge in [0, 0.05) is 11.3 Å². The van der Waals surface area contributed by atoms with Crippen LogP contribution in [0.15, 0.2) is 90.1 Å². The lowest BCUT2D eigenvalue weighted by molar-refractivity contribution is -0.119. The van der Waals surface area contributed by atoms with Gasteiger partial charge in [0.25, 0.3) is 0 Å². The lowest BCUT2D eigenvalue weighted by Gasteiger charge is -2.14. The molecular weight excluding hydrogens is 420 g/mol. The maximum Gasteiger partial charge on any atom is 0.230 e. The number of carbonyl (C=O) groups excluding carboxylic acids is 1. The first kappa shape index (κ1) is 21.6. The summed E-state index contributed by atoms with van der Waals surface area (Å²) in [6.45, 7) is 1.98. The number of methoxy groups -OCH3 is 1. The molecule has 1 heterocycles. The summed E-state index contributed by atoms with van der Waals surface area (Å²) in [7, 11) is 1.64. The number of aromatic nitrogens is 3. The zero-order valence-corrected chi connectivity index (χ0v) is 18.8. The maximum atomic E-state index is 12.6. The third kappa shape index (κ3) is 5.00. The second kappa shape index (κ2) is 10.2. The highest BCUT2D eigenvalue weighted by atomic mass is 32.2. The van der Waals surface area contributed by atoms with Crippen molar-refractivity contribution in [2.24, 2.45) is 0 Å². The van der Waals surface area contributed by atoms with Crippen LogP contribution in [0, 0.1) is 0 Å². The predicted molar refractivity (Wildman–Crippen MR) is 127 cm³/mol. The van der Waals surface area contributed by atoms with Crippen LogP contribution < -0.4 is 10.1 Å². The summed E-state index contributed by atoms with van der Waals surface area (Å²) in [5.41, 5.74) is 2.92. The molecule has 3 aromatic carbocycles. The fourth-order valence-corrected chi connectivity index (χ4v) is 4.10. The number of rotatable bonds is 8. The molecule has 0 saturated heterocycles. The van der Waals surface area contributed by atoms with Gasteiger partial charge < -0.3 is 10.1 Å². The van der Waals surface area contributed by atoms with Crippen molar-refractivity contribution < 1.29 is 9.53 Å². The van der Waals surface area contributed by atoms with E-state index in [1.807, 2.05) is 96.4 Å². The first-order chi connectivity index (χ1) is 15.7. The standard InChI is InChI=1S/C25H24N4O2S/c1-18(19-9-5-3-6-10-19)26-23(30)17-32-25-28-27-24(20-13-15-22(31-2)16-14-20)29(25)21-11-7-4-8-12-21/h3-16,18H,17H2,1-2H3,(H,26,30)/t18-/m0/s1. The van der Waals surface area contributed by atoms with Crippen LogP contribution in [0.4, 0.5) is 0 Å². The molecule has 0 aliphatic carbocycles. The van der Waals surface area contributed by atoms with Crippen LogP contribution in [0.1, 0.15) is 18.5 Å². The number of ether oxygens (including phenoxy) is 1. The Balaban J connectivity index is 1.54. The Morgan fingerprint density at radius 2 is 1.62 bits per heavy atom. The highest BCUT2D eigenvalue weighted by molar-refractivity contribution is 7.99. The molecule has 6 nitrogen and oxygen atoms in total. The maximum absolute atomic E-state index is 12.6. The number of para-hydroxylation sites is 1. The Labute approximate surface area is 191 Å². The highest BCUT2D eigenvalue weighted by Crippen LogP contribution is 2.29. The van der Waals surface area contributed by atoms with Gasteiger partial charge in [-0.1, -0.05) is 60.3 Å². The number of hydrogen-bond donors (Lipinski definition) is 1. The molecule has 0 fully saturated rings. The SMILES string of the molecule is COc1ccc(-c2nnc(SCC(=O)N[C@@H](C)c3ccccc3)n2-c2ccccc2)cc1. The molecule has 4 aromatic rings. The number of hydrogen-bond acceptors (Lipinski definition) is 5. The molecule has 0 spiro atoms. The van der Waals surface area contributed by atoms with E-state index in [4.69, 9.17) is 4.74 Å². The predicted octanol–water partition coefficient (Wildman–Crippen LogP) is 4.91. The zero-order valence-electron chi connectivity index (χ0n) is 17.9. The third-order valence-electron chi connectivity index (χ3n) is 5.01. The largest absolute Gasteiger partial charge is 0.497 e. The number of nitrogens with one attached hydrogen (secondary N) is 1. The normalized spacial score (nSPS) is 11.7. The van der Waals surface area contributed by atoms with Crippen LogP contribution in [0.5, 0.6) is 5.75 Å². The summed E-state index contributed by atoms with van der Waals surface area (Å²) in [6.07, 6.45) is 0. The van der Waals surface area contributed by atoms with Crippen LogP contribution in [0.3, 0.4) is 0 Å². The minimum atomic E-state index is -0.0637. The fourth-order valence-electron chi connectivity index (χ4n) is 3.34. The molecule has 0 bridgehead atoms. The molecule has 0 aliphatic rings. The molecule has 1 N–H and O–H groups in total. The van der Waals surface area contributed by atoms with Crippen LogP contribution in [0.2, 0.25) is 0 Å². The van der Waals surface area contributed by atoms with Gasteiger partial charge in [0.05, 0.1) is 18.9 Å². The summed E-state index contributed by atoms with van der Waals surface area (Å²) in [6, 6.07) is 27.4. The molecule has 162 valence electrons. The second-order valence-corrected chi connectivity index (χ2v) is 8.14. The van der Waals surface area contributed by atoms with Gasteiger partial charge in [-0.25, -0.2) is 0 Å². The number of carbonyl (C=O) groups is 1. The van der Waals surface area contributed by atoms with E-state index in [9.17, 15) is 4.79 Å². The molecule has 0 saturated carbocycles. The lowest BCUT2D eigenvalue weighted by Crippen LogP contribution is -2.28. The van der Waals surface area contributed by atoms with Crippen LogP contribution in [-0.2, 0) is 4.79 Å². The van der Waals surface area contributed by atoms with Crippen molar-refractivity contribution in [2.75, 3.05) is 12.9 Å². The smallest absolute Gasteiger partial charge is 0.230 e. The summed E-state index contributed by atoms with van der Waals surface area (Å²) in [4.78, 5) is 12.6. The fraction of sp³-hybridized carbons (Fsp3) is 0.160. The molecular formula is C25H24N4O2S. The van der Waals surface area contributed by atoms with Crippen molar-refractivity contribution >= 4 is 17.7 Å². The van der Waals surface area contributed by atoms with Gasteiger partial charge in [-0.05, 0) is 48.9 Å². The van der Waals surface area contributed by atoms with Gasteiger partial charge in [0.1, 0.15) is 5.75 Å². The van der Waals surface area contributed by atoms with Gasteiger partial charge in [-0.15, -0.1) is 10.2 Å². The summed E-state index contributed by atoms with van der Waals surface area (Å²) >= 11 is 1.36. The minimum absolute atomic E-state index is 0.0556. The molecule has 32 heavy (non-hydrogen) atoms. The second-order valence-electron chi connectivity index (χ2n) is 7.19. The molecule has 1 amide bonds. The Morgan fingerprint density at radius 3 is 2.28 bits per heavy atom. The average Bonchev–Trinajstić information content (AvgIpc) is 3.28.